The lowest BCUT2D eigenvalue weighted by Crippen LogP contribution is -2.34. The molecule has 26 heavy (non-hydrogen) atoms. The van der Waals surface area contributed by atoms with Crippen LogP contribution in [0.15, 0.2) is 24.3 Å². The standard InChI is InChI=1S/C18H21N3O3S2/c1-10-13(15(23)24-5)26-17(19-10)21-16(25)20-14(22)11-6-8-12(9-7-11)18(2,3)4/h6-9H,1-5H3,(H2,19,20,21,22,25). The van der Waals surface area contributed by atoms with Crippen LogP contribution in [0.4, 0.5) is 5.13 Å². The van der Waals surface area contributed by atoms with Crippen molar-refractivity contribution < 1.29 is 14.3 Å². The Hall–Kier alpha value is -2.32. The summed E-state index contributed by atoms with van der Waals surface area (Å²) in [6, 6.07) is 7.39. The first-order valence-electron chi connectivity index (χ1n) is 7.90. The van der Waals surface area contributed by atoms with Crippen LogP contribution < -0.4 is 10.6 Å². The number of anilines is 1. The van der Waals surface area contributed by atoms with Crippen LogP contribution in [0.3, 0.4) is 0 Å². The van der Waals surface area contributed by atoms with Crippen molar-refractivity contribution in [3.05, 3.63) is 46.0 Å². The van der Waals surface area contributed by atoms with Gasteiger partial charge in [-0.2, -0.15) is 0 Å². The smallest absolute Gasteiger partial charge is 0.350 e. The minimum atomic E-state index is -0.457. The number of ether oxygens (including phenoxy) is 1. The molecule has 1 aromatic heterocycles. The van der Waals surface area contributed by atoms with Crippen LogP contribution in [0.5, 0.6) is 0 Å². The number of thiazole rings is 1. The highest BCUT2D eigenvalue weighted by Gasteiger charge is 2.17. The van der Waals surface area contributed by atoms with E-state index in [4.69, 9.17) is 17.0 Å². The van der Waals surface area contributed by atoms with Crippen LogP contribution in [0.25, 0.3) is 0 Å². The fourth-order valence-electron chi connectivity index (χ4n) is 2.16. The second-order valence-corrected chi connectivity index (χ2v) is 8.07. The number of hydrogen-bond donors (Lipinski definition) is 2. The van der Waals surface area contributed by atoms with Crippen molar-refractivity contribution in [3.63, 3.8) is 0 Å². The molecule has 0 aliphatic carbocycles. The molecule has 1 aromatic carbocycles. The van der Waals surface area contributed by atoms with Crippen molar-refractivity contribution in [2.45, 2.75) is 33.1 Å². The number of hydrogen-bond acceptors (Lipinski definition) is 6. The molecule has 6 nitrogen and oxygen atoms in total. The maximum Gasteiger partial charge on any atom is 0.350 e. The molecule has 8 heteroatoms. The number of nitrogens with zero attached hydrogens (tertiary/aromatic N) is 1. The lowest BCUT2D eigenvalue weighted by Gasteiger charge is -2.19. The van der Waals surface area contributed by atoms with Gasteiger partial charge >= 0.3 is 5.97 Å². The number of nitrogens with one attached hydrogen (secondary N) is 2. The molecule has 0 aliphatic rings. The van der Waals surface area contributed by atoms with Gasteiger partial charge in [-0.1, -0.05) is 44.2 Å². The number of carbonyl (C=O) groups is 2. The predicted octanol–water partition coefficient (Wildman–Crippen LogP) is 3.66. The summed E-state index contributed by atoms with van der Waals surface area (Å²) in [6.45, 7) is 8.03. The van der Waals surface area contributed by atoms with Crippen molar-refractivity contribution in [1.82, 2.24) is 10.3 Å². The number of thiocarbonyl (C=S) groups is 1. The molecule has 0 aliphatic heterocycles. The van der Waals surface area contributed by atoms with E-state index in [0.717, 1.165) is 16.9 Å². The minimum absolute atomic E-state index is 0.0198. The number of amides is 1. The van der Waals surface area contributed by atoms with Gasteiger partial charge in [0.05, 0.1) is 12.8 Å². The maximum atomic E-state index is 12.3. The third kappa shape index (κ3) is 4.86. The number of aromatic nitrogens is 1. The average molecular weight is 392 g/mol. The number of aryl methyl sites for hydroxylation is 1. The number of carbonyl (C=O) groups excluding carboxylic acids is 2. The summed E-state index contributed by atoms with van der Waals surface area (Å²) in [5.74, 6) is -0.772. The third-order valence-corrected chi connectivity index (χ3v) is 4.89. The van der Waals surface area contributed by atoms with E-state index in [2.05, 4.69) is 36.4 Å². The molecule has 0 saturated heterocycles. The van der Waals surface area contributed by atoms with Gasteiger partial charge in [0.25, 0.3) is 5.91 Å². The van der Waals surface area contributed by atoms with Crippen LogP contribution in [0.2, 0.25) is 0 Å². The SMILES string of the molecule is COC(=O)c1sc(NC(=S)NC(=O)c2ccc(C(C)(C)C)cc2)nc1C. The van der Waals surface area contributed by atoms with Crippen LogP contribution in [0.1, 0.15) is 52.1 Å². The monoisotopic (exact) mass is 391 g/mol. The van der Waals surface area contributed by atoms with Gasteiger partial charge in [0.2, 0.25) is 0 Å². The summed E-state index contributed by atoms with van der Waals surface area (Å²) in [6.07, 6.45) is 0. The van der Waals surface area contributed by atoms with Gasteiger partial charge in [-0.3, -0.25) is 10.1 Å². The van der Waals surface area contributed by atoms with E-state index in [9.17, 15) is 9.59 Å². The van der Waals surface area contributed by atoms with Crippen molar-refractivity contribution in [3.8, 4) is 0 Å². The molecule has 0 unspecified atom stereocenters. The highest BCUT2D eigenvalue weighted by Crippen LogP contribution is 2.23. The molecule has 2 aromatic rings. The van der Waals surface area contributed by atoms with Gasteiger partial charge in [0, 0.05) is 5.56 Å². The molecule has 0 spiro atoms. The van der Waals surface area contributed by atoms with Gasteiger partial charge in [-0.05, 0) is 42.3 Å². The van der Waals surface area contributed by atoms with E-state index in [1.54, 1.807) is 19.1 Å². The minimum Gasteiger partial charge on any atom is -0.465 e. The summed E-state index contributed by atoms with van der Waals surface area (Å²) in [5, 5.41) is 5.95. The van der Waals surface area contributed by atoms with E-state index >= 15 is 0 Å². The van der Waals surface area contributed by atoms with Crippen molar-refractivity contribution in [1.29, 1.82) is 0 Å². The van der Waals surface area contributed by atoms with E-state index in [1.165, 1.54) is 7.11 Å². The number of benzene rings is 1. The Bertz CT molecular complexity index is 836. The third-order valence-electron chi connectivity index (χ3n) is 3.63. The van der Waals surface area contributed by atoms with Crippen LogP contribution >= 0.6 is 23.6 Å². The van der Waals surface area contributed by atoms with Gasteiger partial charge in [-0.15, -0.1) is 0 Å². The summed E-state index contributed by atoms with van der Waals surface area (Å²) in [5.41, 5.74) is 2.21. The molecule has 0 atom stereocenters. The molecular formula is C18H21N3O3S2. The number of rotatable bonds is 3. The normalized spacial score (nSPS) is 11.0. The Balaban J connectivity index is 2.01. The lowest BCUT2D eigenvalue weighted by atomic mass is 9.87. The molecule has 1 amide bonds. The van der Waals surface area contributed by atoms with E-state index in [-0.39, 0.29) is 16.4 Å². The Morgan fingerprint density at radius 2 is 1.81 bits per heavy atom. The predicted molar refractivity (Wildman–Crippen MR) is 107 cm³/mol. The molecule has 0 bridgehead atoms. The van der Waals surface area contributed by atoms with Gasteiger partial charge in [-0.25, -0.2) is 9.78 Å². The van der Waals surface area contributed by atoms with E-state index in [1.807, 2.05) is 12.1 Å². The van der Waals surface area contributed by atoms with Crippen LogP contribution in [-0.2, 0) is 10.2 Å². The molecule has 0 radical (unpaired) electrons. The zero-order valence-corrected chi connectivity index (χ0v) is 16.9. The van der Waals surface area contributed by atoms with Crippen LogP contribution in [-0.4, -0.2) is 29.1 Å². The van der Waals surface area contributed by atoms with Crippen LogP contribution in [0, 0.1) is 6.92 Å². The molecule has 2 rings (SSSR count). The first kappa shape index (κ1) is 20.0. The first-order valence-corrected chi connectivity index (χ1v) is 9.13. The molecule has 1 heterocycles. The zero-order chi connectivity index (χ0) is 19.5. The Morgan fingerprint density at radius 3 is 2.35 bits per heavy atom. The fraction of sp³-hybridized carbons (Fsp3) is 0.333. The van der Waals surface area contributed by atoms with Gasteiger partial charge in [0.15, 0.2) is 10.2 Å². The van der Waals surface area contributed by atoms with E-state index in [0.29, 0.717) is 21.3 Å². The topological polar surface area (TPSA) is 80.3 Å². The largest absolute Gasteiger partial charge is 0.465 e. The highest BCUT2D eigenvalue weighted by molar-refractivity contribution is 7.80. The molecule has 138 valence electrons. The van der Waals surface area contributed by atoms with Crippen molar-refractivity contribution in [2.75, 3.05) is 12.4 Å². The Labute approximate surface area is 162 Å². The van der Waals surface area contributed by atoms with Gasteiger partial charge < -0.3 is 10.1 Å². The van der Waals surface area contributed by atoms with Gasteiger partial charge in [0.1, 0.15) is 4.88 Å². The molecule has 0 fully saturated rings. The lowest BCUT2D eigenvalue weighted by molar-refractivity contribution is 0.0605. The summed E-state index contributed by atoms with van der Waals surface area (Å²) < 4.78 is 4.69. The zero-order valence-electron chi connectivity index (χ0n) is 15.3. The summed E-state index contributed by atoms with van der Waals surface area (Å²) in [7, 11) is 1.31. The highest BCUT2D eigenvalue weighted by atomic mass is 32.1. The Kier molecular flexibility index (Phi) is 6.09. The molecule has 0 saturated carbocycles. The van der Waals surface area contributed by atoms with E-state index < -0.39 is 5.97 Å². The fourth-order valence-corrected chi connectivity index (χ4v) is 3.30. The first-order chi connectivity index (χ1) is 12.1. The number of methoxy groups -OCH3 is 1. The summed E-state index contributed by atoms with van der Waals surface area (Å²) >= 11 is 6.26. The average Bonchev–Trinajstić information content (AvgIpc) is 2.93. The van der Waals surface area contributed by atoms with Crippen molar-refractivity contribution in [2.24, 2.45) is 0 Å². The Morgan fingerprint density at radius 1 is 1.19 bits per heavy atom. The quantitative estimate of drug-likeness (QED) is 0.614. The molecular weight excluding hydrogens is 370 g/mol. The summed E-state index contributed by atoms with van der Waals surface area (Å²) in [4.78, 5) is 28.5. The van der Waals surface area contributed by atoms with Crippen molar-refractivity contribution >= 4 is 45.7 Å². The maximum absolute atomic E-state index is 12.3. The second-order valence-electron chi connectivity index (χ2n) is 6.66. The molecule has 2 N–H and O–H groups in total. The number of esters is 1. The second kappa shape index (κ2) is 7.92.